The molecular formula is C27H26N4O3. The quantitative estimate of drug-likeness (QED) is 0.462. The molecule has 0 fully saturated rings. The van der Waals surface area contributed by atoms with E-state index in [0.29, 0.717) is 23.1 Å². The number of aromatic nitrogens is 3. The molecule has 0 saturated carbocycles. The summed E-state index contributed by atoms with van der Waals surface area (Å²) in [6.07, 6.45) is -0.500. The van der Waals surface area contributed by atoms with Gasteiger partial charge in [0.1, 0.15) is 6.10 Å². The van der Waals surface area contributed by atoms with E-state index in [9.17, 15) is 14.9 Å². The van der Waals surface area contributed by atoms with Crippen LogP contribution in [0.15, 0.2) is 58.1 Å². The van der Waals surface area contributed by atoms with Crippen molar-refractivity contribution < 1.29 is 4.74 Å². The highest BCUT2D eigenvalue weighted by atomic mass is 16.5. The molecule has 0 bridgehead atoms. The Morgan fingerprint density at radius 3 is 2.41 bits per heavy atom. The summed E-state index contributed by atoms with van der Waals surface area (Å²) in [5.41, 5.74) is 4.36. The van der Waals surface area contributed by atoms with Gasteiger partial charge < -0.3 is 9.30 Å². The standard InChI is InChI=1S/C27H26N4O3/c1-16-7-6-8-19(13-16)21-20-22(29(4)26(33)30(5)25(20)32)23-24(34-15-27(2,3)31(21)23)18-11-9-17(14-28)10-12-18/h6-13,24H,15H2,1-5H3. The first-order valence-electron chi connectivity index (χ1n) is 11.2. The molecule has 5 rings (SSSR count). The van der Waals surface area contributed by atoms with Crippen molar-refractivity contribution >= 4 is 10.9 Å². The van der Waals surface area contributed by atoms with Gasteiger partial charge in [-0.2, -0.15) is 5.26 Å². The maximum Gasteiger partial charge on any atom is 0.331 e. The van der Waals surface area contributed by atoms with E-state index in [4.69, 9.17) is 4.74 Å². The minimum absolute atomic E-state index is 0.328. The number of rotatable bonds is 2. The fraction of sp³-hybridized carbons (Fsp3) is 0.296. The zero-order chi connectivity index (χ0) is 24.4. The third-order valence-corrected chi connectivity index (χ3v) is 6.70. The van der Waals surface area contributed by atoms with E-state index >= 15 is 0 Å². The third-order valence-electron chi connectivity index (χ3n) is 6.70. The Bertz CT molecular complexity index is 1610. The molecule has 34 heavy (non-hydrogen) atoms. The lowest BCUT2D eigenvalue weighted by Gasteiger charge is -2.39. The monoisotopic (exact) mass is 454 g/mol. The van der Waals surface area contributed by atoms with Crippen LogP contribution in [0.25, 0.3) is 22.2 Å². The first kappa shape index (κ1) is 21.9. The summed E-state index contributed by atoms with van der Waals surface area (Å²) in [5.74, 6) is 0. The second kappa shape index (κ2) is 7.57. The van der Waals surface area contributed by atoms with Gasteiger partial charge in [0.25, 0.3) is 5.56 Å². The molecule has 3 heterocycles. The number of ether oxygens (including phenoxy) is 1. The number of hydrogen-bond acceptors (Lipinski definition) is 4. The van der Waals surface area contributed by atoms with Gasteiger partial charge in [-0.25, -0.2) is 4.79 Å². The van der Waals surface area contributed by atoms with Gasteiger partial charge in [0, 0.05) is 14.1 Å². The van der Waals surface area contributed by atoms with Crippen LogP contribution in [0.3, 0.4) is 0 Å². The van der Waals surface area contributed by atoms with Crippen LogP contribution in [-0.4, -0.2) is 20.3 Å². The van der Waals surface area contributed by atoms with Crippen molar-refractivity contribution in [2.45, 2.75) is 32.4 Å². The molecule has 7 nitrogen and oxygen atoms in total. The fourth-order valence-electron chi connectivity index (χ4n) is 5.05. The summed E-state index contributed by atoms with van der Waals surface area (Å²) in [7, 11) is 3.21. The lowest BCUT2D eigenvalue weighted by atomic mass is 9.97. The van der Waals surface area contributed by atoms with Crippen molar-refractivity contribution in [2.24, 2.45) is 14.1 Å². The van der Waals surface area contributed by atoms with E-state index in [-0.39, 0.29) is 11.2 Å². The second-order valence-corrected chi connectivity index (χ2v) is 9.61. The van der Waals surface area contributed by atoms with Gasteiger partial charge in [-0.05, 0) is 50.1 Å². The third kappa shape index (κ3) is 3.06. The molecule has 0 saturated heterocycles. The Morgan fingerprint density at radius 1 is 1.06 bits per heavy atom. The highest BCUT2D eigenvalue weighted by molar-refractivity contribution is 5.97. The van der Waals surface area contributed by atoms with Crippen LogP contribution in [0.5, 0.6) is 0 Å². The summed E-state index contributed by atoms with van der Waals surface area (Å²) in [6, 6.07) is 17.5. The predicted octanol–water partition coefficient (Wildman–Crippen LogP) is 3.74. The number of benzene rings is 2. The summed E-state index contributed by atoms with van der Waals surface area (Å²) < 4.78 is 11.3. The Balaban J connectivity index is 1.99. The summed E-state index contributed by atoms with van der Waals surface area (Å²) in [5, 5.41) is 9.72. The fourth-order valence-corrected chi connectivity index (χ4v) is 5.05. The smallest absolute Gasteiger partial charge is 0.331 e. The SMILES string of the molecule is Cc1cccc(-c2c3c(=O)n(C)c(=O)n(C)c3c3n2C(C)(C)COC3c2ccc(C#N)cc2)c1. The molecule has 4 aromatic rings. The Labute approximate surface area is 197 Å². The van der Waals surface area contributed by atoms with E-state index in [1.807, 2.05) is 37.3 Å². The first-order chi connectivity index (χ1) is 16.2. The highest BCUT2D eigenvalue weighted by Crippen LogP contribution is 2.45. The number of fused-ring (bicyclic) bond motifs is 3. The van der Waals surface area contributed by atoms with Crippen molar-refractivity contribution in [2.75, 3.05) is 6.61 Å². The summed E-state index contributed by atoms with van der Waals surface area (Å²) in [4.78, 5) is 26.6. The van der Waals surface area contributed by atoms with E-state index < -0.39 is 11.6 Å². The average Bonchev–Trinajstić information content (AvgIpc) is 3.19. The lowest BCUT2D eigenvalue weighted by molar-refractivity contribution is -0.00707. The van der Waals surface area contributed by atoms with E-state index in [2.05, 4.69) is 30.6 Å². The van der Waals surface area contributed by atoms with Gasteiger partial charge in [-0.3, -0.25) is 13.9 Å². The number of nitriles is 1. The molecule has 2 aromatic carbocycles. The van der Waals surface area contributed by atoms with E-state index in [0.717, 1.165) is 32.6 Å². The molecule has 0 spiro atoms. The zero-order valence-corrected chi connectivity index (χ0v) is 19.9. The van der Waals surface area contributed by atoms with Crippen molar-refractivity contribution in [1.82, 2.24) is 13.7 Å². The second-order valence-electron chi connectivity index (χ2n) is 9.61. The molecule has 1 aliphatic rings. The van der Waals surface area contributed by atoms with Crippen LogP contribution in [0.2, 0.25) is 0 Å². The average molecular weight is 455 g/mol. The van der Waals surface area contributed by atoms with Gasteiger partial charge in [-0.1, -0.05) is 35.9 Å². The van der Waals surface area contributed by atoms with Crippen molar-refractivity contribution in [1.29, 1.82) is 5.26 Å². The molecule has 0 aliphatic carbocycles. The number of aryl methyl sites for hydroxylation is 2. The summed E-state index contributed by atoms with van der Waals surface area (Å²) in [6.45, 7) is 6.59. The van der Waals surface area contributed by atoms with E-state index in [1.54, 1.807) is 23.7 Å². The van der Waals surface area contributed by atoms with Crippen LogP contribution in [-0.2, 0) is 24.4 Å². The normalized spacial score (nSPS) is 16.9. The molecule has 2 aromatic heterocycles. The number of hydrogen-bond donors (Lipinski definition) is 0. The number of nitrogens with zero attached hydrogens (tertiary/aromatic N) is 4. The van der Waals surface area contributed by atoms with Gasteiger partial charge in [0.15, 0.2) is 0 Å². The van der Waals surface area contributed by atoms with Crippen LogP contribution in [0.1, 0.15) is 42.3 Å². The zero-order valence-electron chi connectivity index (χ0n) is 19.9. The predicted molar refractivity (Wildman–Crippen MR) is 131 cm³/mol. The molecule has 7 heteroatoms. The summed E-state index contributed by atoms with van der Waals surface area (Å²) >= 11 is 0. The molecular weight excluding hydrogens is 428 g/mol. The molecule has 0 radical (unpaired) electrons. The molecule has 0 N–H and O–H groups in total. The molecule has 1 aliphatic heterocycles. The lowest BCUT2D eigenvalue weighted by Crippen LogP contribution is -2.40. The van der Waals surface area contributed by atoms with Crippen LogP contribution in [0, 0.1) is 18.3 Å². The highest BCUT2D eigenvalue weighted by Gasteiger charge is 2.40. The Kier molecular flexibility index (Phi) is 4.88. The molecule has 0 amide bonds. The van der Waals surface area contributed by atoms with E-state index in [1.165, 1.54) is 7.05 Å². The minimum atomic E-state index is -0.500. The van der Waals surface area contributed by atoms with Crippen LogP contribution >= 0.6 is 0 Å². The van der Waals surface area contributed by atoms with Crippen molar-refractivity contribution in [3.63, 3.8) is 0 Å². The first-order valence-corrected chi connectivity index (χ1v) is 11.2. The van der Waals surface area contributed by atoms with Gasteiger partial charge in [0.2, 0.25) is 0 Å². The van der Waals surface area contributed by atoms with Crippen molar-refractivity contribution in [3.05, 3.63) is 91.8 Å². The van der Waals surface area contributed by atoms with Crippen LogP contribution in [0.4, 0.5) is 0 Å². The van der Waals surface area contributed by atoms with Crippen molar-refractivity contribution in [3.8, 4) is 17.3 Å². The van der Waals surface area contributed by atoms with Crippen LogP contribution < -0.4 is 11.2 Å². The van der Waals surface area contributed by atoms with Gasteiger partial charge in [-0.15, -0.1) is 0 Å². The Hall–Kier alpha value is -3.89. The Morgan fingerprint density at radius 2 is 1.76 bits per heavy atom. The molecule has 1 atom stereocenters. The van der Waals surface area contributed by atoms with Gasteiger partial charge >= 0.3 is 5.69 Å². The molecule has 1 unspecified atom stereocenters. The largest absolute Gasteiger partial charge is 0.365 e. The maximum atomic E-state index is 13.6. The molecule has 172 valence electrons. The topological polar surface area (TPSA) is 81.9 Å². The van der Waals surface area contributed by atoms with Gasteiger partial charge in [0.05, 0.1) is 46.1 Å². The maximum absolute atomic E-state index is 13.6. The minimum Gasteiger partial charge on any atom is -0.365 e.